The van der Waals surface area contributed by atoms with E-state index in [1.807, 2.05) is 0 Å². The third kappa shape index (κ3) is 2.88. The lowest BCUT2D eigenvalue weighted by Crippen LogP contribution is -2.52. The second-order valence-corrected chi connectivity index (χ2v) is 5.90. The fourth-order valence-electron chi connectivity index (χ4n) is 3.12. The summed E-state index contributed by atoms with van der Waals surface area (Å²) in [6.45, 7) is 1.68. The Balaban J connectivity index is 2.11. The maximum absolute atomic E-state index is 11.5. The standard InChI is InChI=1S/C12H20ClN3OS/c13-5-7-16-6-4-8-2-1-3-9(11(14)17)10(8)15-12(16)18/h8-10H,1-7H2,(H2,14,17)(H,15,18)/t8?,9-,10?/m1/s1. The van der Waals surface area contributed by atoms with Crippen LogP contribution in [0, 0.1) is 11.8 Å². The number of rotatable bonds is 3. The number of primary amides is 1. The molecule has 2 fully saturated rings. The molecule has 2 unspecified atom stereocenters. The average Bonchev–Trinajstić information content (AvgIpc) is 2.49. The molecule has 102 valence electrons. The van der Waals surface area contributed by atoms with Crippen molar-refractivity contribution < 1.29 is 4.79 Å². The molecule has 1 saturated heterocycles. The van der Waals surface area contributed by atoms with Gasteiger partial charge in [0.15, 0.2) is 5.11 Å². The lowest BCUT2D eigenvalue weighted by molar-refractivity contribution is -0.124. The van der Waals surface area contributed by atoms with Crippen LogP contribution in [0.3, 0.4) is 0 Å². The van der Waals surface area contributed by atoms with Crippen LogP contribution in [0.5, 0.6) is 0 Å². The molecule has 1 amide bonds. The van der Waals surface area contributed by atoms with Crippen LogP contribution in [0.15, 0.2) is 0 Å². The monoisotopic (exact) mass is 289 g/mol. The van der Waals surface area contributed by atoms with Crippen molar-refractivity contribution in [3.05, 3.63) is 0 Å². The maximum atomic E-state index is 11.5. The van der Waals surface area contributed by atoms with Gasteiger partial charge in [0.1, 0.15) is 0 Å². The predicted octanol–water partition coefficient (Wildman–Crippen LogP) is 1.08. The molecule has 3 N–H and O–H groups in total. The number of hydrogen-bond donors (Lipinski definition) is 2. The summed E-state index contributed by atoms with van der Waals surface area (Å²) in [5.41, 5.74) is 5.51. The van der Waals surface area contributed by atoms with E-state index in [2.05, 4.69) is 10.2 Å². The highest BCUT2D eigenvalue weighted by molar-refractivity contribution is 7.80. The van der Waals surface area contributed by atoms with E-state index >= 15 is 0 Å². The highest BCUT2D eigenvalue weighted by Gasteiger charge is 2.38. The van der Waals surface area contributed by atoms with Crippen molar-refractivity contribution in [1.29, 1.82) is 0 Å². The largest absolute Gasteiger partial charge is 0.369 e. The van der Waals surface area contributed by atoms with Crippen LogP contribution in [0.25, 0.3) is 0 Å². The molecule has 1 aliphatic heterocycles. The van der Waals surface area contributed by atoms with Crippen molar-refractivity contribution in [2.24, 2.45) is 17.6 Å². The van der Waals surface area contributed by atoms with Crippen LogP contribution in [0.4, 0.5) is 0 Å². The van der Waals surface area contributed by atoms with Gasteiger partial charge >= 0.3 is 0 Å². The molecule has 0 aromatic heterocycles. The summed E-state index contributed by atoms with van der Waals surface area (Å²) in [6.07, 6.45) is 4.16. The number of halogens is 1. The topological polar surface area (TPSA) is 58.4 Å². The summed E-state index contributed by atoms with van der Waals surface area (Å²) in [7, 11) is 0. The summed E-state index contributed by atoms with van der Waals surface area (Å²) in [4.78, 5) is 13.6. The smallest absolute Gasteiger partial charge is 0.222 e. The molecule has 0 spiro atoms. The third-order valence-corrected chi connectivity index (χ3v) is 4.64. The van der Waals surface area contributed by atoms with E-state index in [0.717, 1.165) is 43.9 Å². The first-order chi connectivity index (χ1) is 8.63. The second-order valence-electron chi connectivity index (χ2n) is 5.14. The number of thiocarbonyl (C=S) groups is 1. The van der Waals surface area contributed by atoms with Crippen molar-refractivity contribution in [2.75, 3.05) is 19.0 Å². The summed E-state index contributed by atoms with van der Waals surface area (Å²) in [6, 6.07) is 0.115. The van der Waals surface area contributed by atoms with Gasteiger partial charge in [-0.2, -0.15) is 0 Å². The SMILES string of the molecule is NC(=O)[C@@H]1CCCC2CCN(CCCl)C(=S)NC21. The first-order valence-electron chi connectivity index (χ1n) is 6.54. The van der Waals surface area contributed by atoms with Gasteiger partial charge in [-0.1, -0.05) is 6.42 Å². The Bertz CT molecular complexity index is 339. The molecule has 3 atom stereocenters. The zero-order chi connectivity index (χ0) is 13.1. The quantitative estimate of drug-likeness (QED) is 0.603. The van der Waals surface area contributed by atoms with Crippen molar-refractivity contribution in [3.63, 3.8) is 0 Å². The molecule has 0 aromatic rings. The summed E-state index contributed by atoms with van der Waals surface area (Å²) in [5.74, 6) is 0.772. The van der Waals surface area contributed by atoms with Gasteiger partial charge in [0.25, 0.3) is 0 Å². The molecular formula is C12H20ClN3OS. The van der Waals surface area contributed by atoms with Crippen LogP contribution in [-0.4, -0.2) is 40.9 Å². The average molecular weight is 290 g/mol. The van der Waals surface area contributed by atoms with Gasteiger partial charge in [0, 0.05) is 25.0 Å². The van der Waals surface area contributed by atoms with Gasteiger partial charge in [-0.05, 0) is 37.4 Å². The Morgan fingerprint density at radius 2 is 2.28 bits per heavy atom. The van der Waals surface area contributed by atoms with Crippen LogP contribution in [0.2, 0.25) is 0 Å². The van der Waals surface area contributed by atoms with E-state index in [0.29, 0.717) is 11.8 Å². The second kappa shape index (κ2) is 6.06. The molecule has 6 heteroatoms. The predicted molar refractivity (Wildman–Crippen MR) is 76.5 cm³/mol. The third-order valence-electron chi connectivity index (χ3n) is 4.10. The zero-order valence-corrected chi connectivity index (χ0v) is 12.0. The Morgan fingerprint density at radius 1 is 1.50 bits per heavy atom. The number of nitrogens with one attached hydrogen (secondary N) is 1. The molecule has 2 aliphatic rings. The van der Waals surface area contributed by atoms with E-state index in [-0.39, 0.29) is 17.9 Å². The Morgan fingerprint density at radius 3 is 2.94 bits per heavy atom. The van der Waals surface area contributed by atoms with E-state index < -0.39 is 0 Å². The number of nitrogens with two attached hydrogens (primary N) is 1. The minimum absolute atomic E-state index is 0.0855. The molecule has 0 radical (unpaired) electrons. The molecule has 0 aromatic carbocycles. The van der Waals surface area contributed by atoms with Gasteiger partial charge < -0.3 is 16.0 Å². The first-order valence-corrected chi connectivity index (χ1v) is 7.48. The van der Waals surface area contributed by atoms with Gasteiger partial charge in [-0.3, -0.25) is 4.79 Å². The number of hydrogen-bond acceptors (Lipinski definition) is 2. The van der Waals surface area contributed by atoms with E-state index in [1.54, 1.807) is 0 Å². The Kier molecular flexibility index (Phi) is 4.67. The lowest BCUT2D eigenvalue weighted by Gasteiger charge is -2.35. The van der Waals surface area contributed by atoms with Crippen LogP contribution in [0.1, 0.15) is 25.7 Å². The minimum atomic E-state index is -0.203. The summed E-state index contributed by atoms with van der Waals surface area (Å²) in [5, 5.41) is 4.06. The number of amides is 1. The number of carbonyl (C=O) groups is 1. The summed E-state index contributed by atoms with van der Waals surface area (Å²) >= 11 is 11.2. The van der Waals surface area contributed by atoms with Crippen LogP contribution >= 0.6 is 23.8 Å². The number of fused-ring (bicyclic) bond motifs is 1. The van der Waals surface area contributed by atoms with Crippen molar-refractivity contribution in [2.45, 2.75) is 31.7 Å². The molecule has 2 rings (SSSR count). The van der Waals surface area contributed by atoms with E-state index in [1.165, 1.54) is 0 Å². The molecule has 1 saturated carbocycles. The van der Waals surface area contributed by atoms with Crippen LogP contribution in [-0.2, 0) is 4.79 Å². The van der Waals surface area contributed by atoms with E-state index in [9.17, 15) is 4.79 Å². The van der Waals surface area contributed by atoms with Gasteiger partial charge in [0.2, 0.25) is 5.91 Å². The van der Waals surface area contributed by atoms with Gasteiger partial charge in [0.05, 0.1) is 5.92 Å². The van der Waals surface area contributed by atoms with Crippen molar-refractivity contribution >= 4 is 34.8 Å². The fraction of sp³-hybridized carbons (Fsp3) is 0.833. The molecular weight excluding hydrogens is 270 g/mol. The van der Waals surface area contributed by atoms with Crippen molar-refractivity contribution in [3.8, 4) is 0 Å². The number of nitrogens with zero attached hydrogens (tertiary/aromatic N) is 1. The molecule has 1 heterocycles. The Labute approximate surface area is 118 Å². The van der Waals surface area contributed by atoms with Crippen molar-refractivity contribution in [1.82, 2.24) is 10.2 Å². The highest BCUT2D eigenvalue weighted by atomic mass is 35.5. The minimum Gasteiger partial charge on any atom is -0.369 e. The fourth-order valence-corrected chi connectivity index (χ4v) is 3.64. The van der Waals surface area contributed by atoms with Gasteiger partial charge in [-0.25, -0.2) is 0 Å². The Hall–Kier alpha value is -0.550. The molecule has 4 nitrogen and oxygen atoms in total. The lowest BCUT2D eigenvalue weighted by atomic mass is 9.75. The molecule has 1 aliphatic carbocycles. The first kappa shape index (κ1) is 13.9. The zero-order valence-electron chi connectivity index (χ0n) is 10.4. The molecule has 18 heavy (non-hydrogen) atoms. The summed E-state index contributed by atoms with van der Waals surface area (Å²) < 4.78 is 0. The number of carbonyl (C=O) groups excluding carboxylic acids is 1. The van der Waals surface area contributed by atoms with E-state index in [4.69, 9.17) is 29.6 Å². The van der Waals surface area contributed by atoms with Crippen LogP contribution < -0.4 is 11.1 Å². The maximum Gasteiger partial charge on any atom is 0.222 e. The molecule has 0 bridgehead atoms. The normalized spacial score (nSPS) is 32.4. The van der Waals surface area contributed by atoms with Gasteiger partial charge in [-0.15, -0.1) is 11.6 Å². The highest BCUT2D eigenvalue weighted by Crippen LogP contribution is 2.33. The number of alkyl halides is 1.